The second kappa shape index (κ2) is 17.4. The van der Waals surface area contributed by atoms with Crippen LogP contribution in [-0.2, 0) is 26.5 Å². The lowest BCUT2D eigenvalue weighted by molar-refractivity contribution is -0.384. The van der Waals surface area contributed by atoms with E-state index in [4.69, 9.17) is 19.2 Å². The molecule has 0 bridgehead atoms. The van der Waals surface area contributed by atoms with E-state index in [0.29, 0.717) is 67.7 Å². The molecule has 4 saturated heterocycles. The van der Waals surface area contributed by atoms with Gasteiger partial charge in [-0.2, -0.15) is 4.98 Å². The minimum atomic E-state index is -4.59. The average molecular weight is 931 g/mol. The van der Waals surface area contributed by atoms with Crippen molar-refractivity contribution in [3.8, 4) is 5.88 Å². The zero-order chi connectivity index (χ0) is 46.0. The van der Waals surface area contributed by atoms with Gasteiger partial charge in [-0.25, -0.2) is 13.1 Å². The Morgan fingerprint density at radius 3 is 2.54 bits per heavy atom. The van der Waals surface area contributed by atoms with Gasteiger partial charge in [0.25, 0.3) is 21.6 Å². The molecule has 7 heterocycles. The van der Waals surface area contributed by atoms with Crippen molar-refractivity contribution in [2.45, 2.75) is 87.4 Å². The number of rotatable bonds is 11. The van der Waals surface area contributed by atoms with Gasteiger partial charge in [-0.05, 0) is 130 Å². The molecule has 11 rings (SSSR count). The van der Waals surface area contributed by atoms with Gasteiger partial charge in [0, 0.05) is 75.3 Å². The van der Waals surface area contributed by atoms with Crippen LogP contribution < -0.4 is 24.6 Å². The zero-order valence-corrected chi connectivity index (χ0v) is 38.9. The van der Waals surface area contributed by atoms with Gasteiger partial charge in [-0.1, -0.05) is 24.3 Å². The monoisotopic (exact) mass is 930 g/mol. The number of hydrogen-bond acceptors (Lipinski definition) is 13. The topological polar surface area (TPSA) is 174 Å². The summed E-state index contributed by atoms with van der Waals surface area (Å²) in [5.41, 5.74) is 5.87. The zero-order valence-electron chi connectivity index (χ0n) is 38.1. The first-order valence-corrected chi connectivity index (χ1v) is 25.3. The summed E-state index contributed by atoms with van der Waals surface area (Å²) < 4.78 is 50.3. The van der Waals surface area contributed by atoms with Gasteiger partial charge in [0.05, 0.1) is 40.3 Å². The quantitative estimate of drug-likeness (QED) is 0.0979. The molecule has 16 nitrogen and oxygen atoms in total. The lowest BCUT2D eigenvalue weighted by Crippen LogP contribution is -2.55. The molecule has 1 aliphatic carbocycles. The van der Waals surface area contributed by atoms with Crippen LogP contribution in [0.3, 0.4) is 0 Å². The molecule has 17 heteroatoms. The fourth-order valence-corrected chi connectivity index (χ4v) is 12.8. The largest absolute Gasteiger partial charge is 0.468 e. The molecule has 5 aliphatic heterocycles. The molecule has 352 valence electrons. The number of nitro benzene ring substituents is 1. The summed E-state index contributed by atoms with van der Waals surface area (Å²) in [5.74, 6) is -0.201. The Balaban J connectivity index is 0.879. The number of carbonyl (C=O) groups is 1. The first-order chi connectivity index (χ1) is 32.4. The Morgan fingerprint density at radius 2 is 1.75 bits per heavy atom. The van der Waals surface area contributed by atoms with E-state index in [1.807, 2.05) is 47.0 Å². The lowest BCUT2D eigenvalue weighted by atomic mass is 9.59. The molecule has 3 atom stereocenters. The maximum atomic E-state index is 14.6. The first kappa shape index (κ1) is 43.8. The predicted octanol–water partition coefficient (Wildman–Crippen LogP) is 7.63. The van der Waals surface area contributed by atoms with Gasteiger partial charge in [-0.15, -0.1) is 0 Å². The number of sulfonamides is 1. The van der Waals surface area contributed by atoms with Crippen molar-refractivity contribution >= 4 is 55.4 Å². The van der Waals surface area contributed by atoms with Crippen LogP contribution in [-0.4, -0.2) is 104 Å². The number of amides is 1. The molecule has 67 heavy (non-hydrogen) atoms. The minimum absolute atomic E-state index is 0.118. The highest BCUT2D eigenvalue weighted by Gasteiger charge is 2.50. The van der Waals surface area contributed by atoms with Gasteiger partial charge in [0.15, 0.2) is 0 Å². The number of carbonyl (C=O) groups excluding carboxylic acids is 1. The number of anilines is 4. The third-order valence-corrected chi connectivity index (χ3v) is 16.9. The molecule has 5 aromatic rings. The summed E-state index contributed by atoms with van der Waals surface area (Å²) >= 11 is 0. The number of aryl methyl sites for hydroxylation is 2. The number of pyridine rings is 1. The molecule has 1 amide bonds. The summed E-state index contributed by atoms with van der Waals surface area (Å²) in [6.07, 6.45) is 10.2. The fourth-order valence-electron chi connectivity index (χ4n) is 11.8. The Hall–Kier alpha value is -5.75. The fraction of sp³-hybridized carbons (Fsp3) is 0.480. The summed E-state index contributed by atoms with van der Waals surface area (Å²) in [5, 5.41) is 16.3. The molecule has 5 fully saturated rings. The molecular formula is C50H58N8O8S. The lowest BCUT2D eigenvalue weighted by Gasteiger charge is -2.56. The van der Waals surface area contributed by atoms with Gasteiger partial charge < -0.3 is 33.9 Å². The second-order valence-corrected chi connectivity index (χ2v) is 21.3. The van der Waals surface area contributed by atoms with Gasteiger partial charge in [-0.3, -0.25) is 19.8 Å². The maximum Gasteiger partial charge on any atom is 0.293 e. The van der Waals surface area contributed by atoms with E-state index in [9.17, 15) is 23.3 Å². The maximum absolute atomic E-state index is 14.6. The first-order valence-electron chi connectivity index (χ1n) is 23.8. The van der Waals surface area contributed by atoms with Crippen molar-refractivity contribution in [1.29, 1.82) is 0 Å². The number of fused-ring (bicyclic) bond motifs is 3. The van der Waals surface area contributed by atoms with E-state index in [2.05, 4.69) is 51.0 Å². The highest BCUT2D eigenvalue weighted by molar-refractivity contribution is 7.90. The summed E-state index contributed by atoms with van der Waals surface area (Å²) in [6.45, 7) is 7.47. The molecule has 2 aromatic heterocycles. The number of nitrogens with zero attached hydrogens (tertiary/aromatic N) is 6. The normalized spacial score (nSPS) is 23.2. The molecule has 0 unspecified atom stereocenters. The van der Waals surface area contributed by atoms with Crippen molar-refractivity contribution < 1.29 is 32.3 Å². The number of nitrogens with one attached hydrogen (secondary N) is 2. The standard InChI is InChI=1S/C50H58N8O8S/c1-32-6-3-4-7-38(32)41-8-5-18-56(41)36-27-50(28-36)16-20-55(21-17-50)35-9-11-39(42(25-35)57-44-24-34-13-19-54(2)47(34)52-49(44)66-46-31-65-30-45(46)57)48(59)53-67(62,63)37-10-12-40(43(26-37)58(60)61)51-29-33-14-22-64-23-15-33/h3-4,6-7,9-13,19,24-26,33,36,41,45-46,51H,5,8,14-18,20-23,27-31H2,1-2H3,(H,53,59)/t41-,45+,46+/m0/s1. The van der Waals surface area contributed by atoms with Crippen LogP contribution >= 0.6 is 0 Å². The predicted molar refractivity (Wildman–Crippen MR) is 255 cm³/mol. The van der Waals surface area contributed by atoms with E-state index in [0.717, 1.165) is 68.1 Å². The van der Waals surface area contributed by atoms with Crippen molar-refractivity contribution in [2.75, 3.05) is 67.7 Å². The van der Waals surface area contributed by atoms with Crippen LogP contribution in [0.1, 0.15) is 78.9 Å². The Morgan fingerprint density at radius 1 is 0.940 bits per heavy atom. The Bertz CT molecular complexity index is 2830. The molecule has 1 saturated carbocycles. The second-order valence-electron chi connectivity index (χ2n) is 19.6. The Kier molecular flexibility index (Phi) is 11.4. The van der Waals surface area contributed by atoms with E-state index < -0.39 is 37.5 Å². The van der Waals surface area contributed by atoms with Crippen LogP contribution in [0.4, 0.5) is 28.4 Å². The molecule has 1 spiro atoms. The third-order valence-electron chi connectivity index (χ3n) is 15.6. The smallest absolute Gasteiger partial charge is 0.293 e. The number of ether oxygens (including phenoxy) is 3. The average Bonchev–Trinajstić information content (AvgIpc) is 4.09. The molecular weight excluding hydrogens is 873 g/mol. The van der Waals surface area contributed by atoms with E-state index in [1.165, 1.54) is 48.9 Å². The van der Waals surface area contributed by atoms with Crippen LogP contribution in [0.2, 0.25) is 0 Å². The minimum Gasteiger partial charge on any atom is -0.468 e. The van der Waals surface area contributed by atoms with Crippen molar-refractivity contribution in [2.24, 2.45) is 18.4 Å². The van der Waals surface area contributed by atoms with Gasteiger partial charge in [0.1, 0.15) is 23.1 Å². The number of benzene rings is 3. The van der Waals surface area contributed by atoms with Crippen molar-refractivity contribution in [1.82, 2.24) is 19.2 Å². The number of likely N-dealkylation sites (tertiary alicyclic amines) is 1. The third kappa shape index (κ3) is 8.16. The van der Waals surface area contributed by atoms with Crippen LogP contribution in [0.5, 0.6) is 5.88 Å². The van der Waals surface area contributed by atoms with Crippen molar-refractivity contribution in [3.05, 3.63) is 106 Å². The number of nitro groups is 1. The molecule has 3 aromatic carbocycles. The SMILES string of the molecule is Cc1ccccc1[C@@H]1CCCN1C1CC2(CCN(c3ccc(C(=O)NS(=O)(=O)c4ccc(NCC5CCOCC5)c([N+](=O)[O-])c4)c(N4c5cc6ccn(C)c6nc5O[C@@H]5COC[C@H]54)c3)CC2)C1. The molecule has 0 radical (unpaired) electrons. The van der Waals surface area contributed by atoms with E-state index >= 15 is 0 Å². The van der Waals surface area contributed by atoms with Crippen LogP contribution in [0.25, 0.3) is 11.0 Å². The molecule has 6 aliphatic rings. The number of hydrogen-bond donors (Lipinski definition) is 2. The van der Waals surface area contributed by atoms with Gasteiger partial charge >= 0.3 is 0 Å². The van der Waals surface area contributed by atoms with E-state index in [-0.39, 0.29) is 23.2 Å². The summed E-state index contributed by atoms with van der Waals surface area (Å²) in [4.78, 5) is 38.0. The Labute approximate surface area is 390 Å². The van der Waals surface area contributed by atoms with Crippen LogP contribution in [0.15, 0.2) is 83.9 Å². The number of piperidine rings is 1. The highest BCUT2D eigenvalue weighted by Crippen LogP contribution is 2.54. The van der Waals surface area contributed by atoms with Crippen LogP contribution in [0, 0.1) is 28.4 Å². The summed E-state index contributed by atoms with van der Waals surface area (Å²) in [6, 6.07) is 22.8. The van der Waals surface area contributed by atoms with Crippen molar-refractivity contribution in [3.63, 3.8) is 0 Å². The van der Waals surface area contributed by atoms with E-state index in [1.54, 1.807) is 6.07 Å². The summed E-state index contributed by atoms with van der Waals surface area (Å²) in [7, 11) is -2.67. The molecule has 2 N–H and O–H groups in total. The highest BCUT2D eigenvalue weighted by atomic mass is 32.2. The number of aromatic nitrogens is 2. The van der Waals surface area contributed by atoms with Gasteiger partial charge in [0.2, 0.25) is 5.88 Å².